The number of aromatic nitrogens is 4. The van der Waals surface area contributed by atoms with Gasteiger partial charge in [0.05, 0.1) is 18.1 Å². The summed E-state index contributed by atoms with van der Waals surface area (Å²) in [6.45, 7) is 5.64. The highest BCUT2D eigenvalue weighted by molar-refractivity contribution is 7.90. The van der Waals surface area contributed by atoms with Crippen LogP contribution in [0.5, 0.6) is 0 Å². The van der Waals surface area contributed by atoms with Crippen LogP contribution in [0.1, 0.15) is 36.9 Å². The van der Waals surface area contributed by atoms with Crippen LogP contribution in [0.4, 0.5) is 0 Å². The molecule has 0 unspecified atom stereocenters. The van der Waals surface area contributed by atoms with Crippen molar-refractivity contribution in [2.45, 2.75) is 43.7 Å². The second-order valence-electron chi connectivity index (χ2n) is 6.20. The van der Waals surface area contributed by atoms with E-state index in [0.29, 0.717) is 4.90 Å². The number of hydrogen-bond acceptors (Lipinski definition) is 5. The quantitative estimate of drug-likeness (QED) is 0.892. The van der Waals surface area contributed by atoms with Crippen molar-refractivity contribution in [2.75, 3.05) is 19.3 Å². The lowest BCUT2D eigenvalue weighted by molar-refractivity contribution is 0.197. The van der Waals surface area contributed by atoms with E-state index in [4.69, 9.17) is 0 Å². The highest BCUT2D eigenvalue weighted by Gasteiger charge is 2.27. The molecule has 0 amide bonds. The zero-order valence-corrected chi connectivity index (χ0v) is 14.4. The second kappa shape index (κ2) is 6.45. The summed E-state index contributed by atoms with van der Waals surface area (Å²) in [6.07, 6.45) is 8.67. The third-order valence-corrected chi connectivity index (χ3v) is 5.49. The molecule has 3 rings (SSSR count). The molecular weight excluding hydrogens is 314 g/mol. The van der Waals surface area contributed by atoms with Crippen molar-refractivity contribution in [3.63, 3.8) is 0 Å². The van der Waals surface area contributed by atoms with Crippen molar-refractivity contribution >= 4 is 9.84 Å². The highest BCUT2D eigenvalue weighted by atomic mass is 32.2. The summed E-state index contributed by atoms with van der Waals surface area (Å²) in [5.74, 6) is 0.178. The lowest BCUT2D eigenvalue weighted by Gasteiger charge is -2.32. The Morgan fingerprint density at radius 3 is 2.91 bits per heavy atom. The Kier molecular flexibility index (Phi) is 4.54. The summed E-state index contributed by atoms with van der Waals surface area (Å²) in [7, 11) is -3.24. The van der Waals surface area contributed by atoms with E-state index < -0.39 is 9.84 Å². The number of hydrogen-bond donors (Lipinski definition) is 1. The zero-order valence-electron chi connectivity index (χ0n) is 13.6. The SMILES string of the molecule is CCn1cc(CN2CCC[C@H](c3[nH]ncc3S(C)(=O)=O)C2)cn1. The van der Waals surface area contributed by atoms with Crippen LogP contribution in [0.25, 0.3) is 0 Å². The zero-order chi connectivity index (χ0) is 16.4. The predicted octanol–water partition coefficient (Wildman–Crippen LogP) is 1.41. The van der Waals surface area contributed by atoms with E-state index in [0.717, 1.165) is 44.7 Å². The molecule has 23 heavy (non-hydrogen) atoms. The maximum absolute atomic E-state index is 11.9. The van der Waals surface area contributed by atoms with Gasteiger partial charge in [-0.2, -0.15) is 10.2 Å². The Hall–Kier alpha value is -1.67. The third-order valence-electron chi connectivity index (χ3n) is 4.36. The maximum atomic E-state index is 11.9. The third kappa shape index (κ3) is 3.64. The first-order chi connectivity index (χ1) is 11.0. The van der Waals surface area contributed by atoms with E-state index in [9.17, 15) is 8.42 Å². The van der Waals surface area contributed by atoms with E-state index in [1.165, 1.54) is 18.0 Å². The molecule has 126 valence electrons. The first kappa shape index (κ1) is 16.2. The summed E-state index contributed by atoms with van der Waals surface area (Å²) < 4.78 is 25.7. The molecular formula is C15H23N5O2S. The van der Waals surface area contributed by atoms with Crippen molar-refractivity contribution in [3.8, 4) is 0 Å². The van der Waals surface area contributed by atoms with Gasteiger partial charge in [0.2, 0.25) is 0 Å². The van der Waals surface area contributed by atoms with Gasteiger partial charge >= 0.3 is 0 Å². The van der Waals surface area contributed by atoms with Crippen LogP contribution >= 0.6 is 0 Å². The molecule has 0 aromatic carbocycles. The highest BCUT2D eigenvalue weighted by Crippen LogP contribution is 2.30. The van der Waals surface area contributed by atoms with Gasteiger partial charge in [-0.25, -0.2) is 8.42 Å². The van der Waals surface area contributed by atoms with Crippen LogP contribution in [0.3, 0.4) is 0 Å². The Bertz CT molecular complexity index is 764. The van der Waals surface area contributed by atoms with Crippen LogP contribution < -0.4 is 0 Å². The molecule has 0 saturated carbocycles. The van der Waals surface area contributed by atoms with E-state index >= 15 is 0 Å². The Balaban J connectivity index is 1.72. The second-order valence-corrected chi connectivity index (χ2v) is 8.18. The first-order valence-electron chi connectivity index (χ1n) is 7.94. The fourth-order valence-corrected chi connectivity index (χ4v) is 4.08. The number of sulfone groups is 1. The topological polar surface area (TPSA) is 83.9 Å². The number of H-pyrrole nitrogens is 1. The number of likely N-dealkylation sites (tertiary alicyclic amines) is 1. The molecule has 3 heterocycles. The van der Waals surface area contributed by atoms with Crippen molar-refractivity contribution in [3.05, 3.63) is 29.8 Å². The summed E-state index contributed by atoms with van der Waals surface area (Å²) >= 11 is 0. The Labute approximate surface area is 136 Å². The number of aryl methyl sites for hydroxylation is 1. The normalized spacial score (nSPS) is 20.0. The molecule has 7 nitrogen and oxygen atoms in total. The van der Waals surface area contributed by atoms with Gasteiger partial charge in [-0.05, 0) is 26.3 Å². The molecule has 2 aromatic rings. The number of aromatic amines is 1. The lowest BCUT2D eigenvalue weighted by Crippen LogP contribution is -2.34. The Morgan fingerprint density at radius 1 is 1.39 bits per heavy atom. The first-order valence-corrected chi connectivity index (χ1v) is 9.83. The van der Waals surface area contributed by atoms with Gasteiger partial charge in [0.15, 0.2) is 9.84 Å². The summed E-state index contributed by atoms with van der Waals surface area (Å²) in [6, 6.07) is 0. The molecule has 1 aliphatic heterocycles. The van der Waals surface area contributed by atoms with Gasteiger partial charge in [-0.3, -0.25) is 14.7 Å². The molecule has 1 aliphatic rings. The van der Waals surface area contributed by atoms with Crippen molar-refractivity contribution < 1.29 is 8.42 Å². The van der Waals surface area contributed by atoms with Crippen molar-refractivity contribution in [1.82, 2.24) is 24.9 Å². The van der Waals surface area contributed by atoms with E-state index in [-0.39, 0.29) is 5.92 Å². The fourth-order valence-electron chi connectivity index (χ4n) is 3.23. The standard InChI is InChI=1S/C15H23N5O2S/c1-3-20-10-12(7-17-20)9-19-6-4-5-13(11-19)15-14(8-16-18-15)23(2,21)22/h7-8,10,13H,3-6,9,11H2,1-2H3,(H,16,18)/t13-/m0/s1. The summed E-state index contributed by atoms with van der Waals surface area (Å²) in [5.41, 5.74) is 1.95. The van der Waals surface area contributed by atoms with Crippen LogP contribution in [0.2, 0.25) is 0 Å². The van der Waals surface area contributed by atoms with Crippen LogP contribution in [-0.2, 0) is 22.9 Å². The molecule has 1 atom stereocenters. The number of piperidine rings is 1. The van der Waals surface area contributed by atoms with Crippen LogP contribution in [-0.4, -0.2) is 52.6 Å². The van der Waals surface area contributed by atoms with Gasteiger partial charge in [0.25, 0.3) is 0 Å². The van der Waals surface area contributed by atoms with Gasteiger partial charge < -0.3 is 0 Å². The fraction of sp³-hybridized carbons (Fsp3) is 0.600. The van der Waals surface area contributed by atoms with Gasteiger partial charge in [-0.15, -0.1) is 0 Å². The van der Waals surface area contributed by atoms with Gasteiger partial charge in [-0.1, -0.05) is 0 Å². The molecule has 0 radical (unpaired) electrons. The van der Waals surface area contributed by atoms with Gasteiger partial charge in [0.1, 0.15) is 4.90 Å². The minimum atomic E-state index is -3.24. The van der Waals surface area contributed by atoms with Gasteiger partial charge in [0, 0.05) is 43.6 Å². The molecule has 0 aliphatic carbocycles. The maximum Gasteiger partial charge on any atom is 0.178 e. The average Bonchev–Trinajstić information content (AvgIpc) is 3.15. The molecule has 8 heteroatoms. The van der Waals surface area contributed by atoms with Crippen molar-refractivity contribution in [1.29, 1.82) is 0 Å². The summed E-state index contributed by atoms with van der Waals surface area (Å²) in [5, 5.41) is 11.2. The molecule has 0 bridgehead atoms. The minimum Gasteiger partial charge on any atom is -0.298 e. The van der Waals surface area contributed by atoms with Crippen molar-refractivity contribution in [2.24, 2.45) is 0 Å². The van der Waals surface area contributed by atoms with E-state index in [2.05, 4.69) is 33.3 Å². The molecule has 2 aromatic heterocycles. The van der Waals surface area contributed by atoms with Crippen LogP contribution in [0.15, 0.2) is 23.5 Å². The largest absolute Gasteiger partial charge is 0.298 e. The number of nitrogens with zero attached hydrogens (tertiary/aromatic N) is 4. The molecule has 1 saturated heterocycles. The van der Waals surface area contributed by atoms with E-state index in [1.807, 2.05) is 10.9 Å². The monoisotopic (exact) mass is 337 g/mol. The lowest BCUT2D eigenvalue weighted by atomic mass is 9.94. The summed E-state index contributed by atoms with van der Waals surface area (Å²) in [4.78, 5) is 2.70. The number of rotatable bonds is 5. The predicted molar refractivity (Wildman–Crippen MR) is 86.9 cm³/mol. The number of nitrogens with one attached hydrogen (secondary N) is 1. The molecule has 1 fully saturated rings. The molecule has 1 N–H and O–H groups in total. The smallest absolute Gasteiger partial charge is 0.178 e. The molecule has 0 spiro atoms. The Morgan fingerprint density at radius 2 is 2.22 bits per heavy atom. The van der Waals surface area contributed by atoms with Crippen LogP contribution in [0, 0.1) is 0 Å². The average molecular weight is 337 g/mol. The minimum absolute atomic E-state index is 0.178. The van der Waals surface area contributed by atoms with E-state index in [1.54, 1.807) is 0 Å².